The van der Waals surface area contributed by atoms with Gasteiger partial charge in [0.2, 0.25) is 5.75 Å². The van der Waals surface area contributed by atoms with Gasteiger partial charge in [0.15, 0.2) is 11.5 Å². The van der Waals surface area contributed by atoms with Crippen molar-refractivity contribution in [1.29, 1.82) is 0 Å². The zero-order valence-electron chi connectivity index (χ0n) is 19.8. The fourth-order valence-electron chi connectivity index (χ4n) is 3.68. The molecular weight excluding hydrogens is 468 g/mol. The molecule has 186 valence electrons. The number of nitrogens with one attached hydrogen (secondary N) is 1. The fourth-order valence-corrected chi connectivity index (χ4v) is 4.69. The van der Waals surface area contributed by atoms with Crippen molar-refractivity contribution in [2.75, 3.05) is 34.4 Å². The molecular formula is C23H29F2N3O5S. The first kappa shape index (κ1) is 25.7. The molecule has 0 radical (unpaired) electrons. The molecule has 3 rings (SSSR count). The number of amides is 2. The van der Waals surface area contributed by atoms with Crippen LogP contribution in [0.1, 0.15) is 58.6 Å². The van der Waals surface area contributed by atoms with Crippen LogP contribution < -0.4 is 19.5 Å². The van der Waals surface area contributed by atoms with Gasteiger partial charge in [-0.15, -0.1) is 11.3 Å². The number of hydrogen-bond donors (Lipinski definition) is 1. The molecule has 0 saturated carbocycles. The van der Waals surface area contributed by atoms with Crippen LogP contribution in [0.15, 0.2) is 17.5 Å². The molecule has 11 heteroatoms. The number of ether oxygens (including phenoxy) is 3. The van der Waals surface area contributed by atoms with Gasteiger partial charge in [0.05, 0.1) is 27.4 Å². The van der Waals surface area contributed by atoms with Crippen molar-refractivity contribution in [2.45, 2.75) is 38.7 Å². The first-order chi connectivity index (χ1) is 16.1. The van der Waals surface area contributed by atoms with E-state index in [1.165, 1.54) is 37.6 Å². The van der Waals surface area contributed by atoms with Crippen molar-refractivity contribution >= 4 is 23.2 Å². The fraction of sp³-hybridized carbons (Fsp3) is 0.522. The number of benzene rings is 1. The second kappa shape index (κ2) is 10.5. The van der Waals surface area contributed by atoms with Crippen LogP contribution in [0.4, 0.5) is 8.78 Å². The second-order valence-electron chi connectivity index (χ2n) is 8.33. The Labute approximate surface area is 201 Å². The van der Waals surface area contributed by atoms with Crippen molar-refractivity contribution in [2.24, 2.45) is 5.92 Å². The highest BCUT2D eigenvalue weighted by atomic mass is 32.1. The van der Waals surface area contributed by atoms with E-state index in [0.717, 1.165) is 0 Å². The Morgan fingerprint density at radius 2 is 1.68 bits per heavy atom. The number of methoxy groups -OCH3 is 3. The highest BCUT2D eigenvalue weighted by Crippen LogP contribution is 2.38. The summed E-state index contributed by atoms with van der Waals surface area (Å²) in [6, 6.07) is 2.64. The highest BCUT2D eigenvalue weighted by Gasteiger charge is 2.36. The molecule has 1 fully saturated rings. The number of rotatable bonds is 8. The first-order valence-corrected chi connectivity index (χ1v) is 11.7. The van der Waals surface area contributed by atoms with Crippen LogP contribution in [0.25, 0.3) is 0 Å². The number of carbonyl (C=O) groups excluding carboxylic acids is 2. The summed E-state index contributed by atoms with van der Waals surface area (Å²) in [6.45, 7) is 3.83. The van der Waals surface area contributed by atoms with E-state index >= 15 is 0 Å². The number of aromatic nitrogens is 1. The van der Waals surface area contributed by atoms with Gasteiger partial charge >= 0.3 is 0 Å². The topological polar surface area (TPSA) is 90.0 Å². The van der Waals surface area contributed by atoms with Gasteiger partial charge in [0.25, 0.3) is 17.7 Å². The molecule has 1 saturated heterocycles. The van der Waals surface area contributed by atoms with Crippen molar-refractivity contribution in [3.63, 3.8) is 0 Å². The Hall–Kier alpha value is -2.95. The van der Waals surface area contributed by atoms with Gasteiger partial charge in [-0.1, -0.05) is 13.8 Å². The van der Waals surface area contributed by atoms with Gasteiger partial charge in [-0.3, -0.25) is 9.59 Å². The van der Waals surface area contributed by atoms with Gasteiger partial charge in [-0.05, 0) is 18.1 Å². The lowest BCUT2D eigenvalue weighted by Crippen LogP contribution is -2.42. The Morgan fingerprint density at radius 3 is 2.18 bits per heavy atom. The summed E-state index contributed by atoms with van der Waals surface area (Å²) in [5.41, 5.74) is 0.500. The lowest BCUT2D eigenvalue weighted by atomic mass is 10.0. The van der Waals surface area contributed by atoms with Crippen molar-refractivity contribution in [3.8, 4) is 17.2 Å². The molecule has 8 nitrogen and oxygen atoms in total. The summed E-state index contributed by atoms with van der Waals surface area (Å²) in [5, 5.41) is 5.12. The summed E-state index contributed by atoms with van der Waals surface area (Å²) in [5.74, 6) is -2.45. The van der Waals surface area contributed by atoms with Gasteiger partial charge in [0, 0.05) is 36.9 Å². The number of carbonyl (C=O) groups is 2. The van der Waals surface area contributed by atoms with E-state index in [9.17, 15) is 18.4 Å². The molecule has 2 aromatic rings. The van der Waals surface area contributed by atoms with E-state index in [-0.39, 0.29) is 49.4 Å². The predicted molar refractivity (Wildman–Crippen MR) is 123 cm³/mol. The van der Waals surface area contributed by atoms with E-state index in [1.807, 2.05) is 13.8 Å². The average Bonchev–Trinajstić information content (AvgIpc) is 3.30. The largest absolute Gasteiger partial charge is 0.493 e. The Bertz CT molecular complexity index is 1010. The summed E-state index contributed by atoms with van der Waals surface area (Å²) in [6.07, 6.45) is -0.704. The van der Waals surface area contributed by atoms with E-state index in [0.29, 0.717) is 27.8 Å². The lowest BCUT2D eigenvalue weighted by molar-refractivity contribution is -0.0495. The molecule has 2 heterocycles. The molecule has 1 atom stereocenters. The normalized spacial score (nSPS) is 16.2. The second-order valence-corrected chi connectivity index (χ2v) is 9.22. The number of piperidine rings is 1. The van der Waals surface area contributed by atoms with Crippen molar-refractivity contribution in [1.82, 2.24) is 15.2 Å². The van der Waals surface area contributed by atoms with Gasteiger partial charge in [-0.2, -0.15) is 0 Å². The molecule has 2 amide bonds. The SMILES string of the molecule is COc1cc(C(=O)NC(c2nc(C(=O)N3CCC(F)(F)CC3)cs2)C(C)C)cc(OC)c1OC. The third kappa shape index (κ3) is 5.57. The van der Waals surface area contributed by atoms with Crippen LogP contribution in [0.2, 0.25) is 0 Å². The highest BCUT2D eigenvalue weighted by molar-refractivity contribution is 7.09. The summed E-state index contributed by atoms with van der Waals surface area (Å²) in [4.78, 5) is 31.7. The summed E-state index contributed by atoms with van der Waals surface area (Å²) < 4.78 is 42.8. The number of halogens is 2. The molecule has 1 aliphatic heterocycles. The smallest absolute Gasteiger partial charge is 0.273 e. The van der Waals surface area contributed by atoms with Crippen LogP contribution in [0.5, 0.6) is 17.2 Å². The number of thiazole rings is 1. The van der Waals surface area contributed by atoms with E-state index < -0.39 is 12.0 Å². The third-order valence-corrected chi connectivity index (χ3v) is 6.60. The average molecular weight is 498 g/mol. The molecule has 1 aliphatic rings. The first-order valence-electron chi connectivity index (χ1n) is 10.8. The molecule has 0 bridgehead atoms. The minimum atomic E-state index is -2.73. The number of hydrogen-bond acceptors (Lipinski definition) is 7. The van der Waals surface area contributed by atoms with E-state index in [2.05, 4.69) is 10.3 Å². The predicted octanol–water partition coefficient (Wildman–Crippen LogP) is 4.17. The molecule has 0 aliphatic carbocycles. The maximum absolute atomic E-state index is 13.4. The van der Waals surface area contributed by atoms with Crippen LogP contribution in [-0.2, 0) is 0 Å². The molecule has 1 unspecified atom stereocenters. The van der Waals surface area contributed by atoms with Crippen LogP contribution in [0, 0.1) is 5.92 Å². The number of likely N-dealkylation sites (tertiary alicyclic amines) is 1. The zero-order valence-corrected chi connectivity index (χ0v) is 20.6. The number of nitrogens with zero attached hydrogens (tertiary/aromatic N) is 2. The molecule has 1 N–H and O–H groups in total. The van der Waals surface area contributed by atoms with Crippen molar-refractivity contribution < 1.29 is 32.6 Å². The quantitative estimate of drug-likeness (QED) is 0.589. The van der Waals surface area contributed by atoms with E-state index in [1.54, 1.807) is 17.5 Å². The maximum Gasteiger partial charge on any atom is 0.273 e. The van der Waals surface area contributed by atoms with Gasteiger partial charge < -0.3 is 24.4 Å². The monoisotopic (exact) mass is 497 g/mol. The zero-order chi connectivity index (χ0) is 25.0. The molecule has 1 aromatic heterocycles. The third-order valence-electron chi connectivity index (χ3n) is 5.67. The maximum atomic E-state index is 13.4. The van der Waals surface area contributed by atoms with Crippen molar-refractivity contribution in [3.05, 3.63) is 33.8 Å². The summed E-state index contributed by atoms with van der Waals surface area (Å²) >= 11 is 1.25. The summed E-state index contributed by atoms with van der Waals surface area (Å²) in [7, 11) is 4.41. The van der Waals surface area contributed by atoms with Gasteiger partial charge in [-0.25, -0.2) is 13.8 Å². The molecule has 0 spiro atoms. The lowest BCUT2D eigenvalue weighted by Gasteiger charge is -2.31. The number of alkyl halides is 2. The standard InChI is InChI=1S/C23H29F2N3O5S/c1-13(2)18(27-20(29)14-10-16(31-3)19(33-5)17(11-14)32-4)21-26-15(12-34-21)22(30)28-8-6-23(24,25)7-9-28/h10-13,18H,6-9H2,1-5H3,(H,27,29). The van der Waals surface area contributed by atoms with Crippen LogP contribution in [-0.4, -0.2) is 62.0 Å². The Kier molecular flexibility index (Phi) is 7.96. The molecule has 34 heavy (non-hydrogen) atoms. The molecule has 1 aromatic carbocycles. The minimum absolute atomic E-state index is 0.00975. The van der Waals surface area contributed by atoms with Gasteiger partial charge in [0.1, 0.15) is 10.7 Å². The van der Waals surface area contributed by atoms with Crippen LogP contribution in [0.3, 0.4) is 0 Å². The Balaban J connectivity index is 1.78. The van der Waals surface area contributed by atoms with Crippen LogP contribution >= 0.6 is 11.3 Å². The van der Waals surface area contributed by atoms with E-state index in [4.69, 9.17) is 14.2 Å². The Morgan fingerprint density at radius 1 is 1.09 bits per heavy atom. The minimum Gasteiger partial charge on any atom is -0.493 e.